The van der Waals surface area contributed by atoms with Gasteiger partial charge in [0, 0.05) is 11.1 Å². The molecule has 0 saturated heterocycles. The van der Waals surface area contributed by atoms with Crippen LogP contribution in [0.3, 0.4) is 0 Å². The highest BCUT2D eigenvalue weighted by atomic mass is 35.5. The fourth-order valence-corrected chi connectivity index (χ4v) is 2.80. The third kappa shape index (κ3) is 5.52. The zero-order valence-electron chi connectivity index (χ0n) is 14.8. The van der Waals surface area contributed by atoms with Gasteiger partial charge in [-0.3, -0.25) is 19.7 Å². The number of benzene rings is 2. The van der Waals surface area contributed by atoms with Gasteiger partial charge in [-0.1, -0.05) is 41.9 Å². The number of ether oxygens (including phenoxy) is 1. The second kappa shape index (κ2) is 9.14. The van der Waals surface area contributed by atoms with Gasteiger partial charge in [-0.2, -0.15) is 0 Å². The van der Waals surface area contributed by atoms with Crippen LogP contribution >= 0.6 is 11.6 Å². The maximum atomic E-state index is 12.7. The van der Waals surface area contributed by atoms with E-state index in [9.17, 15) is 19.7 Å². The highest BCUT2D eigenvalue weighted by Gasteiger charge is 2.26. The number of nitro benzene ring substituents is 1. The molecule has 0 spiro atoms. The SMILES string of the molecule is CC(C)OC(=O)CC(NC(=O)c1ccccc1[N+](=O)[O-])c1ccccc1Cl. The first-order valence-corrected chi connectivity index (χ1v) is 8.65. The molecule has 2 aromatic carbocycles. The molecule has 7 nitrogen and oxygen atoms in total. The van der Waals surface area contributed by atoms with Crippen LogP contribution in [0.5, 0.6) is 0 Å². The second-order valence-electron chi connectivity index (χ2n) is 6.06. The topological polar surface area (TPSA) is 98.5 Å². The molecule has 1 amide bonds. The molecule has 8 heteroatoms. The maximum absolute atomic E-state index is 12.7. The summed E-state index contributed by atoms with van der Waals surface area (Å²) in [4.78, 5) is 35.3. The van der Waals surface area contributed by atoms with Crippen molar-refractivity contribution in [3.05, 3.63) is 74.8 Å². The molecule has 0 fully saturated rings. The summed E-state index contributed by atoms with van der Waals surface area (Å²) in [5.41, 5.74) is 0.0984. The minimum absolute atomic E-state index is 0.100. The normalized spacial score (nSPS) is 11.7. The maximum Gasteiger partial charge on any atom is 0.308 e. The molecular formula is C19H19ClN2O5. The summed E-state index contributed by atoms with van der Waals surface area (Å²) >= 11 is 6.21. The molecule has 2 aromatic rings. The van der Waals surface area contributed by atoms with E-state index in [4.69, 9.17) is 16.3 Å². The molecule has 27 heavy (non-hydrogen) atoms. The molecular weight excluding hydrogens is 372 g/mol. The van der Waals surface area contributed by atoms with Gasteiger partial charge in [0.25, 0.3) is 11.6 Å². The Morgan fingerprint density at radius 2 is 1.78 bits per heavy atom. The van der Waals surface area contributed by atoms with Gasteiger partial charge in [0.1, 0.15) is 5.56 Å². The van der Waals surface area contributed by atoms with E-state index in [-0.39, 0.29) is 23.8 Å². The summed E-state index contributed by atoms with van der Waals surface area (Å²) in [6, 6.07) is 11.6. The van der Waals surface area contributed by atoms with Crippen molar-refractivity contribution >= 4 is 29.2 Å². The molecule has 0 radical (unpaired) electrons. The molecule has 0 saturated carbocycles. The van der Waals surface area contributed by atoms with Crippen LogP contribution < -0.4 is 5.32 Å². The number of carbonyl (C=O) groups excluding carboxylic acids is 2. The first kappa shape index (κ1) is 20.4. The molecule has 0 bridgehead atoms. The van der Waals surface area contributed by atoms with Gasteiger partial charge in [0.15, 0.2) is 0 Å². The highest BCUT2D eigenvalue weighted by Crippen LogP contribution is 2.27. The molecule has 0 aromatic heterocycles. The van der Waals surface area contributed by atoms with Crippen LogP contribution in [0, 0.1) is 10.1 Å². The molecule has 1 unspecified atom stereocenters. The van der Waals surface area contributed by atoms with Crippen molar-refractivity contribution in [1.29, 1.82) is 0 Å². The number of hydrogen-bond donors (Lipinski definition) is 1. The second-order valence-corrected chi connectivity index (χ2v) is 6.47. The average Bonchev–Trinajstić information content (AvgIpc) is 2.60. The minimum Gasteiger partial charge on any atom is -0.463 e. The minimum atomic E-state index is -0.794. The predicted octanol–water partition coefficient (Wildman–Crippen LogP) is 4.06. The van der Waals surface area contributed by atoms with Crippen molar-refractivity contribution in [3.63, 3.8) is 0 Å². The number of para-hydroxylation sites is 1. The Labute approximate surface area is 161 Å². The van der Waals surface area contributed by atoms with Crippen molar-refractivity contribution in [2.45, 2.75) is 32.4 Å². The number of halogens is 1. The van der Waals surface area contributed by atoms with Crippen LogP contribution in [0.25, 0.3) is 0 Å². The third-order valence-corrected chi connectivity index (χ3v) is 4.01. The van der Waals surface area contributed by atoms with E-state index in [1.807, 2.05) is 0 Å². The lowest BCUT2D eigenvalue weighted by atomic mass is 10.0. The van der Waals surface area contributed by atoms with Crippen LogP contribution in [0.1, 0.15) is 42.2 Å². The van der Waals surface area contributed by atoms with Gasteiger partial charge < -0.3 is 10.1 Å². The molecule has 1 N–H and O–H groups in total. The first-order valence-electron chi connectivity index (χ1n) is 8.27. The Balaban J connectivity index is 2.32. The number of nitrogens with zero attached hydrogens (tertiary/aromatic N) is 1. The summed E-state index contributed by atoms with van der Waals surface area (Å²) in [7, 11) is 0. The largest absolute Gasteiger partial charge is 0.463 e. The van der Waals surface area contributed by atoms with E-state index in [0.29, 0.717) is 10.6 Å². The lowest BCUT2D eigenvalue weighted by Crippen LogP contribution is -2.31. The van der Waals surface area contributed by atoms with Gasteiger partial charge in [-0.05, 0) is 31.5 Å². The van der Waals surface area contributed by atoms with Crippen LogP contribution in [-0.4, -0.2) is 22.9 Å². The molecule has 1 atom stereocenters. The monoisotopic (exact) mass is 390 g/mol. The fourth-order valence-electron chi connectivity index (χ4n) is 2.53. The number of nitrogens with one attached hydrogen (secondary N) is 1. The van der Waals surface area contributed by atoms with Crippen LogP contribution in [0.4, 0.5) is 5.69 Å². The van der Waals surface area contributed by atoms with Crippen molar-refractivity contribution in [2.75, 3.05) is 0 Å². The standard InChI is InChI=1S/C19H19ClN2O5/c1-12(2)27-18(23)11-16(13-7-3-5-9-15(13)20)21-19(24)14-8-4-6-10-17(14)22(25)26/h3-10,12,16H,11H2,1-2H3,(H,21,24). The summed E-state index contributed by atoms with van der Waals surface area (Å²) in [5, 5.41) is 14.2. The van der Waals surface area contributed by atoms with Crippen LogP contribution in [-0.2, 0) is 9.53 Å². The van der Waals surface area contributed by atoms with Gasteiger partial charge >= 0.3 is 5.97 Å². The molecule has 0 aliphatic rings. The van der Waals surface area contributed by atoms with E-state index < -0.39 is 22.8 Å². The number of carbonyl (C=O) groups is 2. The summed E-state index contributed by atoms with van der Waals surface area (Å²) < 4.78 is 5.15. The van der Waals surface area contributed by atoms with E-state index in [2.05, 4.69) is 5.32 Å². The zero-order valence-corrected chi connectivity index (χ0v) is 15.6. The van der Waals surface area contributed by atoms with Crippen LogP contribution in [0.15, 0.2) is 48.5 Å². The molecule has 2 rings (SSSR count). The summed E-state index contributed by atoms with van der Waals surface area (Å²) in [6.45, 7) is 3.43. The summed E-state index contributed by atoms with van der Waals surface area (Å²) in [5.74, 6) is -1.19. The van der Waals surface area contributed by atoms with Gasteiger partial charge in [0.05, 0.1) is 23.5 Å². The van der Waals surface area contributed by atoms with E-state index in [0.717, 1.165) is 0 Å². The Morgan fingerprint density at radius 1 is 1.15 bits per heavy atom. The molecule has 0 aliphatic heterocycles. The fraction of sp³-hybridized carbons (Fsp3) is 0.263. The van der Waals surface area contributed by atoms with E-state index in [1.54, 1.807) is 38.1 Å². The first-order chi connectivity index (χ1) is 12.8. The summed E-state index contributed by atoms with van der Waals surface area (Å²) in [6.07, 6.45) is -0.468. The van der Waals surface area contributed by atoms with Gasteiger partial charge in [0.2, 0.25) is 0 Å². The number of amides is 1. The van der Waals surface area contributed by atoms with Crippen molar-refractivity contribution < 1.29 is 19.2 Å². The zero-order chi connectivity index (χ0) is 20.0. The molecule has 0 heterocycles. The lowest BCUT2D eigenvalue weighted by molar-refractivity contribution is -0.385. The van der Waals surface area contributed by atoms with Gasteiger partial charge in [-0.25, -0.2) is 0 Å². The van der Waals surface area contributed by atoms with E-state index in [1.165, 1.54) is 24.3 Å². The van der Waals surface area contributed by atoms with E-state index >= 15 is 0 Å². The van der Waals surface area contributed by atoms with Crippen LogP contribution in [0.2, 0.25) is 5.02 Å². The van der Waals surface area contributed by atoms with Gasteiger partial charge in [-0.15, -0.1) is 0 Å². The quantitative estimate of drug-likeness (QED) is 0.436. The third-order valence-electron chi connectivity index (χ3n) is 3.67. The number of hydrogen-bond acceptors (Lipinski definition) is 5. The Morgan fingerprint density at radius 3 is 2.41 bits per heavy atom. The molecule has 0 aliphatic carbocycles. The van der Waals surface area contributed by atoms with Crippen molar-refractivity contribution in [1.82, 2.24) is 5.32 Å². The Bertz CT molecular complexity index is 853. The number of esters is 1. The number of rotatable bonds is 7. The van der Waals surface area contributed by atoms with Crippen molar-refractivity contribution in [2.24, 2.45) is 0 Å². The average molecular weight is 391 g/mol. The lowest BCUT2D eigenvalue weighted by Gasteiger charge is -2.20. The van der Waals surface area contributed by atoms with Crippen molar-refractivity contribution in [3.8, 4) is 0 Å². The molecule has 142 valence electrons. The number of nitro groups is 1. The Kier molecular flexibility index (Phi) is 6.90. The predicted molar refractivity (Wildman–Crippen MR) is 101 cm³/mol. The highest BCUT2D eigenvalue weighted by molar-refractivity contribution is 6.31. The Hall–Kier alpha value is -2.93. The smallest absolute Gasteiger partial charge is 0.308 e.